The first-order chi connectivity index (χ1) is 4.88. The summed E-state index contributed by atoms with van der Waals surface area (Å²) in [7, 11) is 0. The number of fused-ring (bicyclic) bond motifs is 1. The highest BCUT2D eigenvalue weighted by atomic mass is 32.1. The second kappa shape index (κ2) is 2.13. The van der Waals surface area contributed by atoms with E-state index in [-0.39, 0.29) is 0 Å². The van der Waals surface area contributed by atoms with Gasteiger partial charge in [-0.2, -0.15) is 0 Å². The van der Waals surface area contributed by atoms with E-state index in [1.54, 1.807) is 0 Å². The monoisotopic (exact) mass is 149 g/mol. The Balaban J connectivity index is 2.66. The number of hydrogen-bond acceptors (Lipinski definition) is 2. The Morgan fingerprint density at radius 1 is 1.40 bits per heavy atom. The average Bonchev–Trinajstić information content (AvgIpc) is 2.36. The lowest BCUT2D eigenvalue weighted by molar-refractivity contribution is 1.07. The third-order valence-corrected chi connectivity index (χ3v) is 2.09. The molecule has 1 aliphatic rings. The van der Waals surface area contributed by atoms with Crippen LogP contribution in [-0.2, 0) is 6.54 Å². The lowest BCUT2D eigenvalue weighted by Crippen LogP contribution is -1.84. The van der Waals surface area contributed by atoms with Gasteiger partial charge in [0.2, 0.25) is 0 Å². The summed E-state index contributed by atoms with van der Waals surface area (Å²) in [5.74, 6) is 0. The molecule has 0 fully saturated rings. The summed E-state index contributed by atoms with van der Waals surface area (Å²) >= 11 is 4.31. The average molecular weight is 149 g/mol. The van der Waals surface area contributed by atoms with Crippen molar-refractivity contribution in [3.05, 3.63) is 29.3 Å². The number of aliphatic imine (C=N–C) groups is 1. The van der Waals surface area contributed by atoms with Gasteiger partial charge >= 0.3 is 0 Å². The fourth-order valence-corrected chi connectivity index (χ4v) is 1.41. The Bertz CT molecular complexity index is 291. The van der Waals surface area contributed by atoms with Crippen LogP contribution in [0, 0.1) is 0 Å². The molecule has 0 spiro atoms. The molecule has 2 heteroatoms. The van der Waals surface area contributed by atoms with Gasteiger partial charge in [0.25, 0.3) is 0 Å². The Morgan fingerprint density at radius 2 is 2.30 bits per heavy atom. The third-order valence-electron chi connectivity index (χ3n) is 1.67. The van der Waals surface area contributed by atoms with Crippen molar-refractivity contribution in [3.63, 3.8) is 0 Å². The molecule has 2 rings (SSSR count). The summed E-state index contributed by atoms with van der Waals surface area (Å²) in [5, 5.41) is 0. The van der Waals surface area contributed by atoms with Crippen LogP contribution in [0.2, 0.25) is 0 Å². The van der Waals surface area contributed by atoms with Crippen LogP contribution in [0.25, 0.3) is 0 Å². The second-order valence-corrected chi connectivity index (χ2v) is 2.80. The molecule has 0 bridgehead atoms. The molecule has 0 unspecified atom stereocenters. The number of benzene rings is 1. The zero-order valence-corrected chi connectivity index (χ0v) is 6.31. The SMILES string of the molecule is Sc1cccc2c1CN=C2. The van der Waals surface area contributed by atoms with Crippen LogP contribution in [0.15, 0.2) is 28.1 Å². The predicted molar refractivity (Wildman–Crippen MR) is 45.0 cm³/mol. The summed E-state index contributed by atoms with van der Waals surface area (Å²) in [6.45, 7) is 0.801. The van der Waals surface area contributed by atoms with E-state index in [4.69, 9.17) is 0 Å². The molecule has 1 heterocycles. The van der Waals surface area contributed by atoms with E-state index in [9.17, 15) is 0 Å². The summed E-state index contributed by atoms with van der Waals surface area (Å²) in [5.41, 5.74) is 2.47. The quantitative estimate of drug-likeness (QED) is 0.541. The molecule has 0 saturated carbocycles. The predicted octanol–water partition coefficient (Wildman–Crippen LogP) is 1.91. The smallest absolute Gasteiger partial charge is 0.0657 e. The Morgan fingerprint density at radius 3 is 3.10 bits per heavy atom. The molecule has 0 aromatic heterocycles. The molecule has 1 aromatic rings. The molecule has 0 radical (unpaired) electrons. The standard InChI is InChI=1S/C8H7NS/c10-8-3-1-2-6-4-9-5-7(6)8/h1-4,10H,5H2. The fraction of sp³-hybridized carbons (Fsp3) is 0.125. The second-order valence-electron chi connectivity index (χ2n) is 2.31. The van der Waals surface area contributed by atoms with Crippen molar-refractivity contribution in [1.29, 1.82) is 0 Å². The van der Waals surface area contributed by atoms with Crippen molar-refractivity contribution in [2.75, 3.05) is 0 Å². The minimum atomic E-state index is 0.801. The molecule has 1 aliphatic heterocycles. The van der Waals surface area contributed by atoms with Gasteiger partial charge in [-0.25, -0.2) is 0 Å². The van der Waals surface area contributed by atoms with Gasteiger partial charge in [-0.15, -0.1) is 12.6 Å². The number of thiol groups is 1. The van der Waals surface area contributed by atoms with Crippen LogP contribution in [-0.4, -0.2) is 6.21 Å². The lowest BCUT2D eigenvalue weighted by Gasteiger charge is -1.98. The maximum absolute atomic E-state index is 4.31. The zero-order chi connectivity index (χ0) is 6.97. The topological polar surface area (TPSA) is 12.4 Å². The summed E-state index contributed by atoms with van der Waals surface area (Å²) < 4.78 is 0. The van der Waals surface area contributed by atoms with E-state index >= 15 is 0 Å². The molecule has 1 nitrogen and oxygen atoms in total. The van der Waals surface area contributed by atoms with E-state index in [2.05, 4.69) is 23.7 Å². The minimum Gasteiger partial charge on any atom is -0.288 e. The zero-order valence-electron chi connectivity index (χ0n) is 5.41. The van der Waals surface area contributed by atoms with Gasteiger partial charge in [0.05, 0.1) is 6.54 Å². The molecule has 0 aliphatic carbocycles. The Kier molecular flexibility index (Phi) is 1.27. The number of rotatable bonds is 0. The van der Waals surface area contributed by atoms with Crippen LogP contribution in [0.1, 0.15) is 11.1 Å². The maximum atomic E-state index is 4.31. The molecule has 50 valence electrons. The summed E-state index contributed by atoms with van der Waals surface area (Å²) in [6, 6.07) is 6.06. The molecule has 0 amide bonds. The van der Waals surface area contributed by atoms with Crippen molar-refractivity contribution in [1.82, 2.24) is 0 Å². The van der Waals surface area contributed by atoms with E-state index in [0.717, 1.165) is 11.4 Å². The molecule has 0 atom stereocenters. The van der Waals surface area contributed by atoms with Crippen LogP contribution in [0.3, 0.4) is 0 Å². The van der Waals surface area contributed by atoms with Crippen molar-refractivity contribution < 1.29 is 0 Å². The van der Waals surface area contributed by atoms with Crippen molar-refractivity contribution in [2.24, 2.45) is 4.99 Å². The first-order valence-corrected chi connectivity index (χ1v) is 3.63. The van der Waals surface area contributed by atoms with Gasteiger partial charge < -0.3 is 0 Å². The van der Waals surface area contributed by atoms with Crippen LogP contribution >= 0.6 is 12.6 Å². The van der Waals surface area contributed by atoms with Gasteiger partial charge in [0.15, 0.2) is 0 Å². The van der Waals surface area contributed by atoms with Gasteiger partial charge in [-0.3, -0.25) is 4.99 Å². The summed E-state index contributed by atoms with van der Waals surface area (Å²) in [4.78, 5) is 5.19. The van der Waals surface area contributed by atoms with Gasteiger partial charge in [0, 0.05) is 11.1 Å². The third kappa shape index (κ3) is 0.762. The van der Waals surface area contributed by atoms with E-state index in [1.165, 1.54) is 11.1 Å². The van der Waals surface area contributed by atoms with Crippen molar-refractivity contribution in [3.8, 4) is 0 Å². The maximum Gasteiger partial charge on any atom is 0.0657 e. The van der Waals surface area contributed by atoms with Crippen LogP contribution < -0.4 is 0 Å². The highest BCUT2D eigenvalue weighted by molar-refractivity contribution is 7.80. The van der Waals surface area contributed by atoms with E-state index in [1.807, 2.05) is 18.3 Å². The molecular formula is C8H7NS. The number of nitrogens with zero attached hydrogens (tertiary/aromatic N) is 1. The van der Waals surface area contributed by atoms with Crippen LogP contribution in [0.4, 0.5) is 0 Å². The van der Waals surface area contributed by atoms with Gasteiger partial charge in [-0.1, -0.05) is 12.1 Å². The highest BCUT2D eigenvalue weighted by Gasteiger charge is 2.06. The minimum absolute atomic E-state index is 0.801. The molecular weight excluding hydrogens is 142 g/mol. The Labute approximate surface area is 65.2 Å². The fourth-order valence-electron chi connectivity index (χ4n) is 1.12. The highest BCUT2D eigenvalue weighted by Crippen LogP contribution is 2.21. The first kappa shape index (κ1) is 5.98. The van der Waals surface area contributed by atoms with Crippen LogP contribution in [0.5, 0.6) is 0 Å². The molecule has 1 aromatic carbocycles. The summed E-state index contributed by atoms with van der Waals surface area (Å²) in [6.07, 6.45) is 1.90. The lowest BCUT2D eigenvalue weighted by atomic mass is 10.1. The van der Waals surface area contributed by atoms with E-state index < -0.39 is 0 Å². The van der Waals surface area contributed by atoms with Gasteiger partial charge in [0.1, 0.15) is 0 Å². The molecule has 0 N–H and O–H groups in total. The number of hydrogen-bond donors (Lipinski definition) is 1. The van der Waals surface area contributed by atoms with Crippen molar-refractivity contribution in [2.45, 2.75) is 11.4 Å². The van der Waals surface area contributed by atoms with Gasteiger partial charge in [-0.05, 0) is 17.2 Å². The van der Waals surface area contributed by atoms with Crippen molar-refractivity contribution >= 4 is 18.8 Å². The van der Waals surface area contributed by atoms with E-state index in [0.29, 0.717) is 0 Å². The normalized spacial score (nSPS) is 13.7. The molecule has 0 saturated heterocycles. The molecule has 10 heavy (non-hydrogen) atoms. The largest absolute Gasteiger partial charge is 0.288 e. The first-order valence-electron chi connectivity index (χ1n) is 3.18. The Hall–Kier alpha value is -0.760.